The Hall–Kier alpha value is -3.49. The van der Waals surface area contributed by atoms with Gasteiger partial charge in [-0.2, -0.15) is 10.1 Å². The van der Waals surface area contributed by atoms with Gasteiger partial charge < -0.3 is 16.0 Å². The highest BCUT2D eigenvalue weighted by atomic mass is 16.1. The maximum Gasteiger partial charge on any atom is 0.229 e. The molecule has 1 aromatic carbocycles. The number of hydrogen-bond acceptors (Lipinski definition) is 7. The molecule has 2 heterocycles. The molecule has 5 rings (SSSR count). The van der Waals surface area contributed by atoms with E-state index in [-0.39, 0.29) is 11.8 Å². The van der Waals surface area contributed by atoms with Crippen molar-refractivity contribution in [1.29, 1.82) is 0 Å². The first-order chi connectivity index (χ1) is 15.8. The van der Waals surface area contributed by atoms with Crippen LogP contribution in [0.3, 0.4) is 0 Å². The number of anilines is 3. The van der Waals surface area contributed by atoms with Gasteiger partial charge in [0.15, 0.2) is 0 Å². The summed E-state index contributed by atoms with van der Waals surface area (Å²) >= 11 is 0. The molecule has 166 valence electrons. The number of nitrogens with one attached hydrogen (secondary N) is 3. The molecular weight excluding hydrogens is 404 g/mol. The molecule has 0 spiro atoms. The monoisotopic (exact) mass is 432 g/mol. The minimum Gasteiger partial charge on any atom is -0.370 e. The summed E-state index contributed by atoms with van der Waals surface area (Å²) in [6.07, 6.45) is 11.6. The molecule has 2 aliphatic rings. The molecule has 9 heteroatoms. The zero-order chi connectivity index (χ0) is 21.8. The molecule has 2 aliphatic carbocycles. The second kappa shape index (κ2) is 9.33. The molecule has 0 atom stereocenters. The van der Waals surface area contributed by atoms with Gasteiger partial charge in [0.1, 0.15) is 18.5 Å². The number of nitrogens with zero attached hydrogens (tertiary/aromatic N) is 5. The third-order valence-corrected chi connectivity index (χ3v) is 6.04. The molecular formula is C23H28N8O. The van der Waals surface area contributed by atoms with Gasteiger partial charge >= 0.3 is 0 Å². The predicted molar refractivity (Wildman–Crippen MR) is 122 cm³/mol. The third-order valence-electron chi connectivity index (χ3n) is 6.04. The van der Waals surface area contributed by atoms with E-state index in [1.165, 1.54) is 31.2 Å². The summed E-state index contributed by atoms with van der Waals surface area (Å²) in [6.45, 7) is 1.44. The van der Waals surface area contributed by atoms with Crippen LogP contribution < -0.4 is 16.0 Å². The summed E-state index contributed by atoms with van der Waals surface area (Å²) in [5.74, 6) is 2.41. The lowest BCUT2D eigenvalue weighted by molar-refractivity contribution is -0.127. The van der Waals surface area contributed by atoms with E-state index in [1.807, 2.05) is 30.5 Å². The van der Waals surface area contributed by atoms with Crippen LogP contribution in [0.25, 0.3) is 5.69 Å². The number of rotatable bonds is 10. The van der Waals surface area contributed by atoms with Crippen molar-refractivity contribution in [3.63, 3.8) is 0 Å². The van der Waals surface area contributed by atoms with Crippen LogP contribution in [-0.4, -0.2) is 43.7 Å². The third kappa shape index (κ3) is 4.87. The zero-order valence-corrected chi connectivity index (χ0v) is 18.0. The Balaban J connectivity index is 1.20. The van der Waals surface area contributed by atoms with Crippen LogP contribution in [0.15, 0.2) is 43.1 Å². The molecule has 32 heavy (non-hydrogen) atoms. The highest BCUT2D eigenvalue weighted by Gasteiger charge is 2.28. The summed E-state index contributed by atoms with van der Waals surface area (Å²) < 4.78 is 1.71. The van der Waals surface area contributed by atoms with Gasteiger partial charge in [0.2, 0.25) is 11.9 Å². The first-order valence-corrected chi connectivity index (χ1v) is 11.4. The lowest BCUT2D eigenvalue weighted by atomic mass is 9.85. The molecule has 0 unspecified atom stereocenters. The summed E-state index contributed by atoms with van der Waals surface area (Å²) in [5, 5.41) is 14.0. The highest BCUT2D eigenvalue weighted by molar-refractivity contribution is 5.79. The van der Waals surface area contributed by atoms with Gasteiger partial charge in [-0.1, -0.05) is 12.5 Å². The zero-order valence-electron chi connectivity index (χ0n) is 18.0. The largest absolute Gasteiger partial charge is 0.370 e. The minimum absolute atomic E-state index is 0.205. The fourth-order valence-corrected chi connectivity index (χ4v) is 3.80. The van der Waals surface area contributed by atoms with Crippen LogP contribution in [0.1, 0.15) is 50.0 Å². The van der Waals surface area contributed by atoms with Crippen LogP contribution in [0.5, 0.6) is 0 Å². The van der Waals surface area contributed by atoms with Crippen LogP contribution in [-0.2, 0) is 4.79 Å². The molecule has 3 aromatic rings. The van der Waals surface area contributed by atoms with Crippen molar-refractivity contribution in [2.24, 2.45) is 5.92 Å². The van der Waals surface area contributed by atoms with Crippen LogP contribution in [0.2, 0.25) is 0 Å². The SMILES string of the molecule is O=C(NCCCNc1nc(Nc2cccc(-n3cncn3)c2)ncc1C1CC1)C1CCC1. The second-order valence-electron chi connectivity index (χ2n) is 8.49. The molecule has 1 amide bonds. The van der Waals surface area contributed by atoms with Gasteiger partial charge in [-0.3, -0.25) is 4.79 Å². The molecule has 0 aliphatic heterocycles. The molecule has 0 bridgehead atoms. The molecule has 2 saturated carbocycles. The number of carbonyl (C=O) groups is 1. The van der Waals surface area contributed by atoms with E-state index in [2.05, 4.69) is 31.0 Å². The van der Waals surface area contributed by atoms with Gasteiger partial charge in [0.05, 0.1) is 5.69 Å². The number of benzene rings is 1. The van der Waals surface area contributed by atoms with Crippen LogP contribution in [0.4, 0.5) is 17.5 Å². The molecule has 0 saturated heterocycles. The van der Waals surface area contributed by atoms with Crippen LogP contribution in [0, 0.1) is 5.92 Å². The van der Waals surface area contributed by atoms with Crippen molar-refractivity contribution in [3.05, 3.63) is 48.7 Å². The first-order valence-electron chi connectivity index (χ1n) is 11.4. The van der Waals surface area contributed by atoms with Crippen molar-refractivity contribution < 1.29 is 4.79 Å². The Kier molecular flexibility index (Phi) is 5.96. The van der Waals surface area contributed by atoms with Gasteiger partial charge in [0.25, 0.3) is 0 Å². The fourth-order valence-electron chi connectivity index (χ4n) is 3.80. The average Bonchev–Trinajstić information content (AvgIpc) is 3.45. The summed E-state index contributed by atoms with van der Waals surface area (Å²) in [4.78, 5) is 25.2. The topological polar surface area (TPSA) is 110 Å². The number of aromatic nitrogens is 5. The molecule has 2 aromatic heterocycles. The summed E-state index contributed by atoms with van der Waals surface area (Å²) in [7, 11) is 0. The Morgan fingerprint density at radius 3 is 2.81 bits per heavy atom. The normalized spacial score (nSPS) is 15.8. The van der Waals surface area contributed by atoms with Crippen molar-refractivity contribution >= 4 is 23.4 Å². The Morgan fingerprint density at radius 2 is 2.06 bits per heavy atom. The fraction of sp³-hybridized carbons (Fsp3) is 0.435. The van der Waals surface area contributed by atoms with Gasteiger partial charge in [-0.25, -0.2) is 14.6 Å². The standard InChI is InChI=1S/C23H28N8O/c32-22(17-4-1-5-17)26-11-3-10-25-21-20(16-8-9-16)13-27-23(30-21)29-18-6-2-7-19(12-18)31-15-24-14-28-31/h2,6-7,12-17H,1,3-5,8-11H2,(H,26,32)(H2,25,27,29,30). The Morgan fingerprint density at radius 1 is 1.16 bits per heavy atom. The molecule has 0 radical (unpaired) electrons. The van der Waals surface area contributed by atoms with E-state index in [9.17, 15) is 4.79 Å². The van der Waals surface area contributed by atoms with E-state index < -0.39 is 0 Å². The smallest absolute Gasteiger partial charge is 0.229 e. The Bertz CT molecular complexity index is 1060. The predicted octanol–water partition coefficient (Wildman–Crippen LogP) is 3.40. The van der Waals surface area contributed by atoms with E-state index in [4.69, 9.17) is 4.98 Å². The van der Waals surface area contributed by atoms with Crippen molar-refractivity contribution in [2.45, 2.75) is 44.4 Å². The van der Waals surface area contributed by atoms with E-state index in [0.29, 0.717) is 18.4 Å². The maximum absolute atomic E-state index is 12.0. The van der Waals surface area contributed by atoms with E-state index in [1.54, 1.807) is 11.0 Å². The quantitative estimate of drug-likeness (QED) is 0.421. The van der Waals surface area contributed by atoms with E-state index in [0.717, 1.165) is 43.0 Å². The lowest BCUT2D eigenvalue weighted by Crippen LogP contribution is -2.35. The van der Waals surface area contributed by atoms with E-state index >= 15 is 0 Å². The van der Waals surface area contributed by atoms with Gasteiger partial charge in [-0.15, -0.1) is 0 Å². The van der Waals surface area contributed by atoms with Gasteiger partial charge in [0, 0.05) is 36.5 Å². The Labute approximate surface area is 187 Å². The first kappa shape index (κ1) is 20.4. The molecule has 9 nitrogen and oxygen atoms in total. The highest BCUT2D eigenvalue weighted by Crippen LogP contribution is 2.42. The second-order valence-corrected chi connectivity index (χ2v) is 8.49. The summed E-state index contributed by atoms with van der Waals surface area (Å²) in [6, 6.07) is 7.86. The summed E-state index contributed by atoms with van der Waals surface area (Å²) in [5.41, 5.74) is 2.96. The van der Waals surface area contributed by atoms with Crippen molar-refractivity contribution in [2.75, 3.05) is 23.7 Å². The molecule has 2 fully saturated rings. The maximum atomic E-state index is 12.0. The van der Waals surface area contributed by atoms with Crippen molar-refractivity contribution in [3.8, 4) is 5.69 Å². The molecule has 3 N–H and O–H groups in total. The number of carbonyl (C=O) groups excluding carboxylic acids is 1. The van der Waals surface area contributed by atoms with Gasteiger partial charge in [-0.05, 0) is 56.2 Å². The van der Waals surface area contributed by atoms with Crippen molar-refractivity contribution in [1.82, 2.24) is 30.0 Å². The minimum atomic E-state index is 0.205. The number of hydrogen-bond donors (Lipinski definition) is 3. The average molecular weight is 433 g/mol. The van der Waals surface area contributed by atoms with Crippen LogP contribution >= 0.6 is 0 Å². The lowest BCUT2D eigenvalue weighted by Gasteiger charge is -2.24. The number of amides is 1.